The maximum Gasteiger partial charge on any atom is 0.255 e. The van der Waals surface area contributed by atoms with Crippen molar-refractivity contribution in [3.05, 3.63) is 75.7 Å². The van der Waals surface area contributed by atoms with Crippen molar-refractivity contribution >= 4 is 34.3 Å². The molecule has 2 amide bonds. The Morgan fingerprint density at radius 2 is 1.80 bits per heavy atom. The average Bonchev–Trinajstić information content (AvgIpc) is 2.86. The Labute approximate surface area is 209 Å². The van der Waals surface area contributed by atoms with E-state index in [1.165, 1.54) is 6.07 Å². The predicted octanol–water partition coefficient (Wildman–Crippen LogP) is 3.93. The Bertz CT molecular complexity index is 1290. The van der Waals surface area contributed by atoms with E-state index in [0.29, 0.717) is 55.2 Å². The lowest BCUT2D eigenvalue weighted by atomic mass is 9.94. The third-order valence-electron chi connectivity index (χ3n) is 7.03. The van der Waals surface area contributed by atoms with Gasteiger partial charge in [0.1, 0.15) is 5.82 Å². The Morgan fingerprint density at radius 1 is 1.03 bits per heavy atom. The molecule has 182 valence electrons. The molecule has 1 saturated heterocycles. The SMILES string of the molecule is CN1CCN(C(=O)c2c3c(nc4ccccc24)CCN(C(=O)CCc2ccc(Cl)cc2F)C3)CC1. The first-order valence-corrected chi connectivity index (χ1v) is 12.4. The molecule has 1 aromatic heterocycles. The van der Waals surface area contributed by atoms with Gasteiger partial charge in [0, 0.05) is 73.8 Å². The summed E-state index contributed by atoms with van der Waals surface area (Å²) in [6, 6.07) is 12.3. The number of para-hydroxylation sites is 1. The van der Waals surface area contributed by atoms with Crippen LogP contribution in [-0.4, -0.2) is 71.3 Å². The van der Waals surface area contributed by atoms with Gasteiger partial charge >= 0.3 is 0 Å². The van der Waals surface area contributed by atoms with Crippen LogP contribution in [0.5, 0.6) is 0 Å². The molecule has 0 saturated carbocycles. The van der Waals surface area contributed by atoms with Gasteiger partial charge in [-0.1, -0.05) is 35.9 Å². The van der Waals surface area contributed by atoms with E-state index in [1.54, 1.807) is 17.0 Å². The van der Waals surface area contributed by atoms with E-state index in [4.69, 9.17) is 16.6 Å². The minimum absolute atomic E-state index is 0.00508. The summed E-state index contributed by atoms with van der Waals surface area (Å²) in [6.45, 7) is 3.89. The van der Waals surface area contributed by atoms with Crippen molar-refractivity contribution in [1.29, 1.82) is 0 Å². The number of hydrogen-bond donors (Lipinski definition) is 0. The average molecular weight is 495 g/mol. The number of hydrogen-bond acceptors (Lipinski definition) is 4. The highest BCUT2D eigenvalue weighted by Gasteiger charge is 2.30. The molecule has 0 unspecified atom stereocenters. The van der Waals surface area contributed by atoms with E-state index < -0.39 is 5.82 Å². The summed E-state index contributed by atoms with van der Waals surface area (Å²) >= 11 is 5.84. The van der Waals surface area contributed by atoms with Gasteiger partial charge in [0.15, 0.2) is 0 Å². The minimum Gasteiger partial charge on any atom is -0.338 e. The highest BCUT2D eigenvalue weighted by Crippen LogP contribution is 2.30. The lowest BCUT2D eigenvalue weighted by molar-refractivity contribution is -0.132. The zero-order valence-corrected chi connectivity index (χ0v) is 20.5. The van der Waals surface area contributed by atoms with E-state index in [-0.39, 0.29) is 18.2 Å². The second kappa shape index (κ2) is 9.91. The maximum absolute atomic E-state index is 14.2. The zero-order valence-electron chi connectivity index (χ0n) is 19.8. The van der Waals surface area contributed by atoms with Gasteiger partial charge in [-0.05, 0) is 37.2 Å². The van der Waals surface area contributed by atoms with Crippen molar-refractivity contribution in [1.82, 2.24) is 19.7 Å². The number of halogens is 2. The number of carbonyl (C=O) groups is 2. The van der Waals surface area contributed by atoms with Gasteiger partial charge in [-0.25, -0.2) is 4.39 Å². The molecule has 6 nitrogen and oxygen atoms in total. The van der Waals surface area contributed by atoms with E-state index in [1.807, 2.05) is 29.2 Å². The summed E-state index contributed by atoms with van der Waals surface area (Å²) in [5, 5.41) is 1.16. The van der Waals surface area contributed by atoms with E-state index in [9.17, 15) is 14.0 Å². The zero-order chi connectivity index (χ0) is 24.5. The van der Waals surface area contributed by atoms with E-state index >= 15 is 0 Å². The van der Waals surface area contributed by atoms with Gasteiger partial charge in [0.25, 0.3) is 5.91 Å². The van der Waals surface area contributed by atoms with Crippen LogP contribution in [0.3, 0.4) is 0 Å². The quantitative estimate of drug-likeness (QED) is 0.551. The lowest BCUT2D eigenvalue weighted by Crippen LogP contribution is -2.47. The van der Waals surface area contributed by atoms with Crippen molar-refractivity contribution in [2.75, 3.05) is 39.8 Å². The summed E-state index contributed by atoms with van der Waals surface area (Å²) < 4.78 is 14.2. The van der Waals surface area contributed by atoms with Gasteiger partial charge in [0.2, 0.25) is 5.91 Å². The van der Waals surface area contributed by atoms with E-state index in [2.05, 4.69) is 11.9 Å². The number of benzene rings is 2. The Morgan fingerprint density at radius 3 is 2.57 bits per heavy atom. The van der Waals surface area contributed by atoms with Crippen LogP contribution in [0.1, 0.15) is 33.6 Å². The van der Waals surface area contributed by atoms with Crippen LogP contribution in [0.15, 0.2) is 42.5 Å². The Hall–Kier alpha value is -3.03. The number of aromatic nitrogens is 1. The highest BCUT2D eigenvalue weighted by atomic mass is 35.5. The highest BCUT2D eigenvalue weighted by molar-refractivity contribution is 6.30. The number of rotatable bonds is 4. The van der Waals surface area contributed by atoms with Gasteiger partial charge in [-0.15, -0.1) is 0 Å². The fourth-order valence-corrected chi connectivity index (χ4v) is 5.10. The van der Waals surface area contributed by atoms with Gasteiger partial charge < -0.3 is 14.7 Å². The normalized spacial score (nSPS) is 16.4. The van der Waals surface area contributed by atoms with Crippen molar-refractivity contribution in [2.45, 2.75) is 25.8 Å². The summed E-state index contributed by atoms with van der Waals surface area (Å²) in [5.74, 6) is -0.452. The number of nitrogens with zero attached hydrogens (tertiary/aromatic N) is 4. The molecule has 3 heterocycles. The second-order valence-corrected chi connectivity index (χ2v) is 9.76. The van der Waals surface area contributed by atoms with Crippen LogP contribution in [0, 0.1) is 5.82 Å². The molecule has 3 aromatic rings. The molecule has 0 N–H and O–H groups in total. The lowest BCUT2D eigenvalue weighted by Gasteiger charge is -2.35. The van der Waals surface area contributed by atoms with Crippen LogP contribution in [0.25, 0.3) is 10.9 Å². The van der Waals surface area contributed by atoms with Crippen LogP contribution in [0.4, 0.5) is 4.39 Å². The fourth-order valence-electron chi connectivity index (χ4n) is 4.94. The van der Waals surface area contributed by atoms with Crippen molar-refractivity contribution in [2.24, 2.45) is 0 Å². The third-order valence-corrected chi connectivity index (χ3v) is 7.26. The number of aryl methyl sites for hydroxylation is 1. The Balaban J connectivity index is 1.41. The number of pyridine rings is 1. The molecule has 2 aliphatic heterocycles. The van der Waals surface area contributed by atoms with Crippen LogP contribution < -0.4 is 0 Å². The van der Waals surface area contributed by atoms with Gasteiger partial charge in [-0.3, -0.25) is 14.6 Å². The first kappa shape index (κ1) is 23.7. The van der Waals surface area contributed by atoms with Gasteiger partial charge in [0.05, 0.1) is 11.1 Å². The summed E-state index contributed by atoms with van der Waals surface area (Å²) in [5.41, 5.74) is 3.66. The number of piperazine rings is 1. The molecule has 0 atom stereocenters. The van der Waals surface area contributed by atoms with Crippen molar-refractivity contribution in [3.63, 3.8) is 0 Å². The first-order chi connectivity index (χ1) is 16.9. The maximum atomic E-state index is 14.2. The van der Waals surface area contributed by atoms with Crippen LogP contribution in [-0.2, 0) is 24.2 Å². The Kier molecular flexibility index (Phi) is 6.71. The molecule has 35 heavy (non-hydrogen) atoms. The minimum atomic E-state index is -0.398. The van der Waals surface area contributed by atoms with Crippen molar-refractivity contribution < 1.29 is 14.0 Å². The third kappa shape index (κ3) is 4.88. The molecule has 0 spiro atoms. The molecule has 2 aromatic carbocycles. The number of amides is 2. The fraction of sp³-hybridized carbons (Fsp3) is 0.370. The molecule has 2 aliphatic rings. The van der Waals surface area contributed by atoms with Gasteiger partial charge in [-0.2, -0.15) is 0 Å². The second-order valence-electron chi connectivity index (χ2n) is 9.33. The molecular weight excluding hydrogens is 467 g/mol. The van der Waals surface area contributed by atoms with Crippen LogP contribution in [0.2, 0.25) is 5.02 Å². The monoisotopic (exact) mass is 494 g/mol. The molecule has 5 rings (SSSR count). The molecule has 0 aliphatic carbocycles. The summed E-state index contributed by atoms with van der Waals surface area (Å²) in [6.07, 6.45) is 1.08. The predicted molar refractivity (Wildman–Crippen MR) is 134 cm³/mol. The topological polar surface area (TPSA) is 56.8 Å². The molecule has 0 radical (unpaired) electrons. The molecule has 8 heteroatoms. The number of fused-ring (bicyclic) bond motifs is 2. The largest absolute Gasteiger partial charge is 0.338 e. The number of likely N-dealkylation sites (N-methyl/N-ethyl adjacent to an activating group) is 1. The molecule has 0 bridgehead atoms. The number of carbonyl (C=O) groups excluding carboxylic acids is 2. The standard InChI is InChI=1S/C27H28ClFN4O2/c1-31-12-14-32(15-13-31)27(35)26-20-4-2-3-5-23(20)30-24-10-11-33(17-21(24)26)25(34)9-7-18-6-8-19(28)16-22(18)29/h2-6,8,16H,7,9-15,17H2,1H3. The molecule has 1 fully saturated rings. The van der Waals surface area contributed by atoms with Crippen LogP contribution >= 0.6 is 11.6 Å². The van der Waals surface area contributed by atoms with E-state index in [0.717, 1.165) is 35.2 Å². The van der Waals surface area contributed by atoms with Crippen molar-refractivity contribution in [3.8, 4) is 0 Å². The smallest absolute Gasteiger partial charge is 0.255 e. The summed E-state index contributed by atoms with van der Waals surface area (Å²) in [4.78, 5) is 37.6. The summed E-state index contributed by atoms with van der Waals surface area (Å²) in [7, 11) is 2.06. The first-order valence-electron chi connectivity index (χ1n) is 12.0. The molecular formula is C27H28ClFN4O2.